The zero-order valence-corrected chi connectivity index (χ0v) is 16.2. The largest absolute Gasteiger partial charge is 0.481 e. The molecule has 0 spiro atoms. The molecule has 3 heterocycles. The van der Waals surface area contributed by atoms with Crippen LogP contribution in [0.15, 0.2) is 42.6 Å². The normalized spacial score (nSPS) is 22.8. The van der Waals surface area contributed by atoms with E-state index in [1.54, 1.807) is 7.11 Å². The van der Waals surface area contributed by atoms with Crippen LogP contribution < -0.4 is 20.3 Å². The number of nitrogens with zero attached hydrogens (tertiary/aromatic N) is 2. The van der Waals surface area contributed by atoms with E-state index in [0.29, 0.717) is 12.1 Å². The van der Waals surface area contributed by atoms with Gasteiger partial charge in [0.15, 0.2) is 0 Å². The van der Waals surface area contributed by atoms with Crippen molar-refractivity contribution in [2.45, 2.75) is 44.3 Å². The van der Waals surface area contributed by atoms with Crippen molar-refractivity contribution in [1.29, 1.82) is 0 Å². The second kappa shape index (κ2) is 8.72. The lowest BCUT2D eigenvalue weighted by Gasteiger charge is -2.29. The minimum Gasteiger partial charge on any atom is -0.481 e. The van der Waals surface area contributed by atoms with E-state index in [1.807, 2.05) is 6.20 Å². The van der Waals surface area contributed by atoms with Gasteiger partial charge in [0.05, 0.1) is 19.0 Å². The predicted molar refractivity (Wildman–Crippen MR) is 109 cm³/mol. The van der Waals surface area contributed by atoms with E-state index in [9.17, 15) is 0 Å². The molecule has 2 aliphatic heterocycles. The molecule has 2 saturated heterocycles. The van der Waals surface area contributed by atoms with Gasteiger partial charge in [-0.2, -0.15) is 0 Å². The van der Waals surface area contributed by atoms with Crippen LogP contribution in [0.3, 0.4) is 0 Å². The molecule has 144 valence electrons. The van der Waals surface area contributed by atoms with Gasteiger partial charge in [0.2, 0.25) is 5.88 Å². The Morgan fingerprint density at radius 2 is 2.00 bits per heavy atom. The van der Waals surface area contributed by atoms with E-state index in [4.69, 9.17) is 4.74 Å². The summed E-state index contributed by atoms with van der Waals surface area (Å²) in [6.45, 7) is 4.07. The van der Waals surface area contributed by atoms with Gasteiger partial charge in [0, 0.05) is 37.3 Å². The van der Waals surface area contributed by atoms with Crippen molar-refractivity contribution in [2.24, 2.45) is 0 Å². The Morgan fingerprint density at radius 3 is 2.78 bits per heavy atom. The second-order valence-electron chi connectivity index (χ2n) is 7.53. The lowest BCUT2D eigenvalue weighted by molar-refractivity contribution is 0.385. The number of ether oxygens (including phenoxy) is 1. The minimum absolute atomic E-state index is 0.357. The molecule has 2 fully saturated rings. The molecule has 4 rings (SSSR count). The summed E-state index contributed by atoms with van der Waals surface area (Å²) in [6.07, 6.45) is 6.96. The predicted octanol–water partition coefficient (Wildman–Crippen LogP) is 3.27. The molecule has 0 saturated carbocycles. The maximum atomic E-state index is 5.53. The Labute approximate surface area is 162 Å². The van der Waals surface area contributed by atoms with Gasteiger partial charge in [-0.25, -0.2) is 4.98 Å². The van der Waals surface area contributed by atoms with E-state index in [0.717, 1.165) is 44.0 Å². The number of hydrogen-bond acceptors (Lipinski definition) is 5. The Balaban J connectivity index is 1.46. The summed E-state index contributed by atoms with van der Waals surface area (Å²) in [5.74, 6) is 0.727. The van der Waals surface area contributed by atoms with Crippen LogP contribution >= 0.6 is 0 Å². The number of benzene rings is 1. The highest BCUT2D eigenvalue weighted by Gasteiger charge is 2.27. The molecular formula is C22H30N4O. The zero-order valence-electron chi connectivity index (χ0n) is 16.2. The van der Waals surface area contributed by atoms with E-state index in [1.165, 1.54) is 30.5 Å². The quantitative estimate of drug-likeness (QED) is 0.822. The van der Waals surface area contributed by atoms with Crippen LogP contribution in [0.4, 0.5) is 5.69 Å². The third kappa shape index (κ3) is 4.25. The maximum absolute atomic E-state index is 5.53. The molecule has 2 atom stereocenters. The molecule has 2 aliphatic rings. The van der Waals surface area contributed by atoms with Gasteiger partial charge in [-0.15, -0.1) is 0 Å². The first-order chi connectivity index (χ1) is 13.3. The number of pyridine rings is 1. The van der Waals surface area contributed by atoms with E-state index in [2.05, 4.69) is 56.9 Å². The first kappa shape index (κ1) is 18.3. The highest BCUT2D eigenvalue weighted by Crippen LogP contribution is 2.27. The Bertz CT molecular complexity index is 730. The molecule has 5 heteroatoms. The van der Waals surface area contributed by atoms with Crippen LogP contribution in [0.1, 0.15) is 42.9 Å². The summed E-state index contributed by atoms with van der Waals surface area (Å²) in [6, 6.07) is 13.7. The lowest BCUT2D eigenvalue weighted by atomic mass is 10.0. The van der Waals surface area contributed by atoms with Crippen molar-refractivity contribution < 1.29 is 4.74 Å². The van der Waals surface area contributed by atoms with Crippen molar-refractivity contribution in [1.82, 2.24) is 15.6 Å². The third-order valence-electron chi connectivity index (χ3n) is 5.76. The number of piperidine rings is 1. The summed E-state index contributed by atoms with van der Waals surface area (Å²) >= 11 is 0. The van der Waals surface area contributed by atoms with Gasteiger partial charge in [-0.3, -0.25) is 0 Å². The highest BCUT2D eigenvalue weighted by atomic mass is 16.5. The molecule has 1 aromatic heterocycles. The SMILES string of the molecule is COc1ncc(N2CCCCC2)cc1CN[C@@H]1CCN[C@@H]1c1ccccc1. The molecule has 2 N–H and O–H groups in total. The molecule has 0 bridgehead atoms. The Kier molecular flexibility index (Phi) is 5.90. The van der Waals surface area contributed by atoms with Crippen molar-refractivity contribution in [3.05, 3.63) is 53.7 Å². The van der Waals surface area contributed by atoms with Gasteiger partial charge in [-0.1, -0.05) is 30.3 Å². The van der Waals surface area contributed by atoms with Crippen LogP contribution in [0.2, 0.25) is 0 Å². The molecule has 1 aromatic carbocycles. The topological polar surface area (TPSA) is 49.4 Å². The monoisotopic (exact) mass is 366 g/mol. The Hall–Kier alpha value is -2.11. The van der Waals surface area contributed by atoms with Gasteiger partial charge in [0.25, 0.3) is 0 Å². The summed E-state index contributed by atoms with van der Waals surface area (Å²) in [4.78, 5) is 7.02. The molecular weight excluding hydrogens is 336 g/mol. The van der Waals surface area contributed by atoms with Gasteiger partial charge >= 0.3 is 0 Å². The van der Waals surface area contributed by atoms with E-state index < -0.39 is 0 Å². The van der Waals surface area contributed by atoms with E-state index in [-0.39, 0.29) is 0 Å². The smallest absolute Gasteiger partial charge is 0.217 e. The molecule has 5 nitrogen and oxygen atoms in total. The van der Waals surface area contributed by atoms with Crippen LogP contribution in [0, 0.1) is 0 Å². The standard InChI is InChI=1S/C22H30N4O/c1-27-22-18(14-19(16-25-22)26-12-6-3-7-13-26)15-24-20-10-11-23-21(20)17-8-4-2-5-9-17/h2,4-5,8-9,14,16,20-21,23-24H,3,6-7,10-13,15H2,1H3/t20-,21-/m1/s1. The third-order valence-corrected chi connectivity index (χ3v) is 5.76. The summed E-state index contributed by atoms with van der Waals surface area (Å²) < 4.78 is 5.53. The lowest BCUT2D eigenvalue weighted by Crippen LogP contribution is -2.34. The molecule has 27 heavy (non-hydrogen) atoms. The number of anilines is 1. The molecule has 0 aliphatic carbocycles. The summed E-state index contributed by atoms with van der Waals surface area (Å²) in [5.41, 5.74) is 3.70. The van der Waals surface area contributed by atoms with Crippen LogP contribution in [0.25, 0.3) is 0 Å². The molecule has 0 amide bonds. The first-order valence-corrected chi connectivity index (χ1v) is 10.1. The number of aromatic nitrogens is 1. The van der Waals surface area contributed by atoms with Crippen LogP contribution in [-0.4, -0.2) is 37.8 Å². The molecule has 0 radical (unpaired) electrons. The minimum atomic E-state index is 0.357. The number of methoxy groups -OCH3 is 1. The van der Waals surface area contributed by atoms with E-state index >= 15 is 0 Å². The fourth-order valence-electron chi connectivity index (χ4n) is 4.30. The first-order valence-electron chi connectivity index (χ1n) is 10.1. The van der Waals surface area contributed by atoms with Crippen molar-refractivity contribution >= 4 is 5.69 Å². The van der Waals surface area contributed by atoms with Gasteiger partial charge < -0.3 is 20.3 Å². The van der Waals surface area contributed by atoms with Crippen molar-refractivity contribution in [3.63, 3.8) is 0 Å². The van der Waals surface area contributed by atoms with Crippen LogP contribution in [-0.2, 0) is 6.54 Å². The average Bonchev–Trinajstić information content (AvgIpc) is 3.22. The van der Waals surface area contributed by atoms with Gasteiger partial charge in [0.1, 0.15) is 0 Å². The Morgan fingerprint density at radius 1 is 1.19 bits per heavy atom. The molecule has 2 aromatic rings. The summed E-state index contributed by atoms with van der Waals surface area (Å²) in [7, 11) is 1.70. The molecule has 0 unspecified atom stereocenters. The fourth-order valence-corrected chi connectivity index (χ4v) is 4.30. The maximum Gasteiger partial charge on any atom is 0.217 e. The number of rotatable bonds is 6. The zero-order chi connectivity index (χ0) is 18.5. The van der Waals surface area contributed by atoms with Gasteiger partial charge in [-0.05, 0) is 43.9 Å². The van der Waals surface area contributed by atoms with Crippen molar-refractivity contribution in [2.75, 3.05) is 31.6 Å². The summed E-state index contributed by atoms with van der Waals surface area (Å²) in [5, 5.41) is 7.38. The number of nitrogens with one attached hydrogen (secondary N) is 2. The average molecular weight is 367 g/mol. The fraction of sp³-hybridized carbons (Fsp3) is 0.500. The van der Waals surface area contributed by atoms with Crippen LogP contribution in [0.5, 0.6) is 5.88 Å². The van der Waals surface area contributed by atoms with Crippen molar-refractivity contribution in [3.8, 4) is 5.88 Å². The second-order valence-corrected chi connectivity index (χ2v) is 7.53. The number of hydrogen-bond donors (Lipinski definition) is 2. The highest BCUT2D eigenvalue weighted by molar-refractivity contribution is 5.49.